The third kappa shape index (κ3) is 4.62. The minimum Gasteiger partial charge on any atom is -0.419 e. The van der Waals surface area contributed by atoms with Gasteiger partial charge >= 0.3 is 0 Å². The van der Waals surface area contributed by atoms with E-state index in [0.29, 0.717) is 29.8 Å². The van der Waals surface area contributed by atoms with Gasteiger partial charge in [0.25, 0.3) is 5.89 Å². The van der Waals surface area contributed by atoms with Crippen LogP contribution in [0.15, 0.2) is 68.0 Å². The molecule has 1 atom stereocenters. The molecule has 0 aliphatic rings. The molecule has 7 heteroatoms. The van der Waals surface area contributed by atoms with Crippen LogP contribution in [0.4, 0.5) is 0 Å². The zero-order chi connectivity index (χ0) is 21.8. The molecule has 0 fully saturated rings. The topological polar surface area (TPSA) is 68.2 Å². The van der Waals surface area contributed by atoms with Crippen molar-refractivity contribution in [1.29, 1.82) is 0 Å². The number of rotatable bonds is 8. The Morgan fingerprint density at radius 1 is 1.03 bits per heavy atom. The van der Waals surface area contributed by atoms with Crippen LogP contribution in [0.3, 0.4) is 0 Å². The van der Waals surface area contributed by atoms with Gasteiger partial charge < -0.3 is 8.94 Å². The second-order valence-corrected chi connectivity index (χ2v) is 8.35. The Morgan fingerprint density at radius 2 is 1.77 bits per heavy atom. The summed E-state index contributed by atoms with van der Waals surface area (Å²) in [5, 5.41) is 12.9. The number of hydrogen-bond donors (Lipinski definition) is 0. The molecule has 4 rings (SSSR count). The van der Waals surface area contributed by atoms with Crippen LogP contribution < -0.4 is 0 Å². The summed E-state index contributed by atoms with van der Waals surface area (Å²) >= 11 is 3.67. The molecule has 0 saturated heterocycles. The number of halogens is 1. The monoisotopic (exact) mass is 480 g/mol. The first-order chi connectivity index (χ1) is 15.1. The third-order valence-electron chi connectivity index (χ3n) is 5.34. The summed E-state index contributed by atoms with van der Waals surface area (Å²) in [4.78, 5) is 2.34. The molecule has 0 spiro atoms. The van der Waals surface area contributed by atoms with Gasteiger partial charge in [0.1, 0.15) is 17.0 Å². The third-order valence-corrected chi connectivity index (χ3v) is 6.07. The highest BCUT2D eigenvalue weighted by molar-refractivity contribution is 9.10. The largest absolute Gasteiger partial charge is 0.419 e. The number of aromatic nitrogens is 3. The maximum absolute atomic E-state index is 6.09. The molecule has 31 heavy (non-hydrogen) atoms. The quantitative estimate of drug-likeness (QED) is 0.289. The standard InChI is InChI=1S/C24H25BrN4O2/c1-4-14-29(16(2)19-12-8-9-13-20(19)25)15-21-26-27-24(30-21)22-17(3)31-28-23(22)18-10-6-5-7-11-18/h5-13,16H,4,14-15H2,1-3H3. The molecule has 2 aromatic carbocycles. The maximum Gasteiger partial charge on any atom is 0.253 e. The van der Waals surface area contributed by atoms with E-state index in [4.69, 9.17) is 8.94 Å². The maximum atomic E-state index is 6.09. The second kappa shape index (κ2) is 9.58. The van der Waals surface area contributed by atoms with E-state index in [-0.39, 0.29) is 6.04 Å². The molecule has 0 N–H and O–H groups in total. The molecule has 0 aliphatic heterocycles. The number of benzene rings is 2. The average molecular weight is 481 g/mol. The predicted octanol–water partition coefficient (Wildman–Crippen LogP) is 6.44. The van der Waals surface area contributed by atoms with Crippen molar-refractivity contribution in [2.24, 2.45) is 0 Å². The SMILES string of the molecule is CCCN(Cc1nnc(-c2c(-c3ccccc3)noc2C)o1)C(C)c1ccccc1Br. The molecule has 2 aromatic heterocycles. The minimum absolute atomic E-state index is 0.197. The van der Waals surface area contributed by atoms with Crippen LogP contribution in [0, 0.1) is 6.92 Å². The summed E-state index contributed by atoms with van der Waals surface area (Å²) in [5.41, 5.74) is 3.63. The summed E-state index contributed by atoms with van der Waals surface area (Å²) in [6.07, 6.45) is 1.03. The summed E-state index contributed by atoms with van der Waals surface area (Å²) in [7, 11) is 0. The van der Waals surface area contributed by atoms with Crippen molar-refractivity contribution in [1.82, 2.24) is 20.3 Å². The van der Waals surface area contributed by atoms with Gasteiger partial charge in [-0.25, -0.2) is 0 Å². The van der Waals surface area contributed by atoms with Crippen molar-refractivity contribution in [2.75, 3.05) is 6.54 Å². The molecular weight excluding hydrogens is 456 g/mol. The van der Waals surface area contributed by atoms with Crippen molar-refractivity contribution >= 4 is 15.9 Å². The fourth-order valence-corrected chi connectivity index (χ4v) is 4.33. The van der Waals surface area contributed by atoms with Gasteiger partial charge in [-0.05, 0) is 38.4 Å². The van der Waals surface area contributed by atoms with E-state index in [1.807, 2.05) is 43.3 Å². The van der Waals surface area contributed by atoms with Crippen LogP contribution in [0.25, 0.3) is 22.7 Å². The van der Waals surface area contributed by atoms with Crippen molar-refractivity contribution in [3.63, 3.8) is 0 Å². The molecule has 0 saturated carbocycles. The van der Waals surface area contributed by atoms with Crippen molar-refractivity contribution in [3.8, 4) is 22.7 Å². The van der Waals surface area contributed by atoms with Crippen LogP contribution in [0.1, 0.15) is 43.5 Å². The molecule has 160 valence electrons. The van der Waals surface area contributed by atoms with Crippen LogP contribution in [-0.4, -0.2) is 26.8 Å². The van der Waals surface area contributed by atoms with Crippen LogP contribution in [0.2, 0.25) is 0 Å². The molecule has 6 nitrogen and oxygen atoms in total. The van der Waals surface area contributed by atoms with E-state index in [2.05, 4.69) is 68.2 Å². The van der Waals surface area contributed by atoms with Gasteiger partial charge in [0.2, 0.25) is 5.89 Å². The number of aryl methyl sites for hydroxylation is 1. The summed E-state index contributed by atoms with van der Waals surface area (Å²) in [5.74, 6) is 1.65. The summed E-state index contributed by atoms with van der Waals surface area (Å²) < 4.78 is 12.6. The molecule has 0 amide bonds. The number of hydrogen-bond acceptors (Lipinski definition) is 6. The molecule has 0 aliphatic carbocycles. The molecular formula is C24H25BrN4O2. The van der Waals surface area contributed by atoms with E-state index in [9.17, 15) is 0 Å². The molecule has 2 heterocycles. The van der Waals surface area contributed by atoms with Crippen molar-refractivity contribution in [3.05, 3.63) is 76.3 Å². The Hall–Kier alpha value is -2.77. The molecule has 4 aromatic rings. The van der Waals surface area contributed by atoms with E-state index in [1.165, 1.54) is 5.56 Å². The van der Waals surface area contributed by atoms with Gasteiger partial charge in [-0.2, -0.15) is 0 Å². The lowest BCUT2D eigenvalue weighted by molar-refractivity contribution is 0.182. The Labute approximate surface area is 190 Å². The first-order valence-electron chi connectivity index (χ1n) is 10.4. The Kier molecular flexibility index (Phi) is 6.63. The normalized spacial score (nSPS) is 12.4. The highest BCUT2D eigenvalue weighted by Gasteiger charge is 2.24. The molecule has 0 radical (unpaired) electrons. The van der Waals surface area contributed by atoms with Gasteiger partial charge in [0.05, 0.1) is 6.54 Å². The highest BCUT2D eigenvalue weighted by atomic mass is 79.9. The smallest absolute Gasteiger partial charge is 0.253 e. The van der Waals surface area contributed by atoms with Gasteiger partial charge in [0.15, 0.2) is 0 Å². The fourth-order valence-electron chi connectivity index (χ4n) is 3.72. The van der Waals surface area contributed by atoms with E-state index >= 15 is 0 Å². The lowest BCUT2D eigenvalue weighted by atomic mass is 10.1. The first kappa shape index (κ1) is 21.5. The Balaban J connectivity index is 1.60. The van der Waals surface area contributed by atoms with Crippen molar-refractivity contribution in [2.45, 2.75) is 39.8 Å². The lowest BCUT2D eigenvalue weighted by Gasteiger charge is -2.28. The second-order valence-electron chi connectivity index (χ2n) is 7.50. The first-order valence-corrected chi connectivity index (χ1v) is 11.2. The van der Waals surface area contributed by atoms with Crippen LogP contribution in [-0.2, 0) is 6.54 Å². The van der Waals surface area contributed by atoms with Gasteiger partial charge in [-0.15, -0.1) is 10.2 Å². The summed E-state index contributed by atoms with van der Waals surface area (Å²) in [6, 6.07) is 18.4. The molecule has 0 bridgehead atoms. The zero-order valence-electron chi connectivity index (χ0n) is 17.9. The Morgan fingerprint density at radius 3 is 2.52 bits per heavy atom. The number of nitrogens with zero attached hydrogens (tertiary/aromatic N) is 4. The summed E-state index contributed by atoms with van der Waals surface area (Å²) in [6.45, 7) is 7.71. The van der Waals surface area contributed by atoms with Gasteiger partial charge in [-0.3, -0.25) is 4.90 Å². The van der Waals surface area contributed by atoms with E-state index < -0.39 is 0 Å². The van der Waals surface area contributed by atoms with Crippen molar-refractivity contribution < 1.29 is 8.94 Å². The lowest BCUT2D eigenvalue weighted by Crippen LogP contribution is -2.28. The molecule has 1 unspecified atom stereocenters. The predicted molar refractivity (Wildman–Crippen MR) is 123 cm³/mol. The zero-order valence-corrected chi connectivity index (χ0v) is 19.5. The van der Waals surface area contributed by atoms with Gasteiger partial charge in [-0.1, -0.05) is 76.5 Å². The average Bonchev–Trinajstić information content (AvgIpc) is 3.40. The fraction of sp³-hybridized carbons (Fsp3) is 0.292. The van der Waals surface area contributed by atoms with Crippen LogP contribution >= 0.6 is 15.9 Å². The Bertz CT molecular complexity index is 1140. The minimum atomic E-state index is 0.197. The highest BCUT2D eigenvalue weighted by Crippen LogP contribution is 2.34. The van der Waals surface area contributed by atoms with Crippen LogP contribution in [0.5, 0.6) is 0 Å². The van der Waals surface area contributed by atoms with Gasteiger partial charge in [0, 0.05) is 16.1 Å². The van der Waals surface area contributed by atoms with E-state index in [0.717, 1.165) is 28.6 Å². The van der Waals surface area contributed by atoms with E-state index in [1.54, 1.807) is 0 Å².